The molecule has 0 bridgehead atoms. The SMILES string of the molecule is COc1ccccc1NC(=O)N1CCCC1c1ccc2c(c1)OCCCO2. The second kappa shape index (κ2) is 7.78. The van der Waals surface area contributed by atoms with Crippen LogP contribution in [0.5, 0.6) is 17.2 Å². The Bertz CT molecular complexity index is 824. The molecule has 1 saturated heterocycles. The van der Waals surface area contributed by atoms with E-state index < -0.39 is 0 Å². The van der Waals surface area contributed by atoms with E-state index in [1.165, 1.54) is 0 Å². The number of methoxy groups -OCH3 is 1. The average molecular weight is 368 g/mol. The van der Waals surface area contributed by atoms with Gasteiger partial charge in [-0.15, -0.1) is 0 Å². The molecule has 2 amide bonds. The fraction of sp³-hybridized carbons (Fsp3) is 0.381. The Labute approximate surface area is 159 Å². The topological polar surface area (TPSA) is 60.0 Å². The van der Waals surface area contributed by atoms with Crippen LogP contribution < -0.4 is 19.5 Å². The number of fused-ring (bicyclic) bond motifs is 1. The molecule has 27 heavy (non-hydrogen) atoms. The van der Waals surface area contributed by atoms with Crippen LogP contribution in [0.3, 0.4) is 0 Å². The van der Waals surface area contributed by atoms with E-state index in [2.05, 4.69) is 5.32 Å². The predicted octanol–water partition coefficient (Wildman–Crippen LogP) is 4.23. The van der Waals surface area contributed by atoms with Crippen molar-refractivity contribution < 1.29 is 19.0 Å². The summed E-state index contributed by atoms with van der Waals surface area (Å²) in [6.45, 7) is 2.04. The summed E-state index contributed by atoms with van der Waals surface area (Å²) in [5.41, 5.74) is 1.75. The quantitative estimate of drug-likeness (QED) is 0.881. The maximum Gasteiger partial charge on any atom is 0.322 e. The fourth-order valence-electron chi connectivity index (χ4n) is 3.68. The smallest absolute Gasteiger partial charge is 0.322 e. The summed E-state index contributed by atoms with van der Waals surface area (Å²) in [7, 11) is 1.60. The van der Waals surface area contributed by atoms with E-state index in [1.807, 2.05) is 47.4 Å². The molecule has 6 heteroatoms. The molecule has 0 radical (unpaired) electrons. The second-order valence-electron chi connectivity index (χ2n) is 6.74. The number of nitrogens with zero attached hydrogens (tertiary/aromatic N) is 1. The van der Waals surface area contributed by atoms with E-state index in [4.69, 9.17) is 14.2 Å². The monoisotopic (exact) mass is 368 g/mol. The second-order valence-corrected chi connectivity index (χ2v) is 6.74. The number of ether oxygens (including phenoxy) is 3. The van der Waals surface area contributed by atoms with Crippen LogP contribution in [-0.4, -0.2) is 37.8 Å². The third-order valence-corrected chi connectivity index (χ3v) is 5.02. The first-order chi connectivity index (χ1) is 13.3. The lowest BCUT2D eigenvalue weighted by Gasteiger charge is -2.26. The number of nitrogens with one attached hydrogen (secondary N) is 1. The van der Waals surface area contributed by atoms with E-state index in [1.54, 1.807) is 7.11 Å². The van der Waals surface area contributed by atoms with E-state index in [0.717, 1.165) is 42.9 Å². The molecule has 1 unspecified atom stereocenters. The van der Waals surface area contributed by atoms with Crippen molar-refractivity contribution in [2.75, 3.05) is 32.2 Å². The molecule has 0 saturated carbocycles. The van der Waals surface area contributed by atoms with Crippen molar-refractivity contribution in [3.63, 3.8) is 0 Å². The Kier molecular flexibility index (Phi) is 5.05. The van der Waals surface area contributed by atoms with Gasteiger partial charge < -0.3 is 24.4 Å². The number of urea groups is 1. The number of benzene rings is 2. The van der Waals surface area contributed by atoms with Gasteiger partial charge in [0.25, 0.3) is 0 Å². The van der Waals surface area contributed by atoms with Crippen LogP contribution in [0, 0.1) is 0 Å². The molecule has 2 aromatic carbocycles. The summed E-state index contributed by atoms with van der Waals surface area (Å²) < 4.78 is 16.9. The number of carbonyl (C=O) groups is 1. The number of anilines is 1. The van der Waals surface area contributed by atoms with Gasteiger partial charge in [0.1, 0.15) is 5.75 Å². The van der Waals surface area contributed by atoms with Gasteiger partial charge in [-0.25, -0.2) is 4.79 Å². The maximum absolute atomic E-state index is 12.9. The van der Waals surface area contributed by atoms with Crippen molar-refractivity contribution >= 4 is 11.7 Å². The Balaban J connectivity index is 1.53. The standard InChI is InChI=1S/C21H24N2O4/c1-25-18-8-3-2-6-16(18)22-21(24)23-11-4-7-17(23)15-9-10-19-20(14-15)27-13-5-12-26-19/h2-3,6,8-10,14,17H,4-5,7,11-13H2,1H3,(H,22,24). The zero-order chi connectivity index (χ0) is 18.6. The highest BCUT2D eigenvalue weighted by atomic mass is 16.5. The van der Waals surface area contributed by atoms with Crippen LogP contribution in [0.1, 0.15) is 30.9 Å². The summed E-state index contributed by atoms with van der Waals surface area (Å²) in [5, 5.41) is 2.98. The number of likely N-dealkylation sites (tertiary alicyclic amines) is 1. The van der Waals surface area contributed by atoms with Gasteiger partial charge in [-0.3, -0.25) is 0 Å². The number of hydrogen-bond acceptors (Lipinski definition) is 4. The van der Waals surface area contributed by atoms with Gasteiger partial charge in [-0.2, -0.15) is 0 Å². The Morgan fingerprint density at radius 1 is 1.11 bits per heavy atom. The molecule has 0 aromatic heterocycles. The third kappa shape index (κ3) is 3.65. The molecular formula is C21H24N2O4. The van der Waals surface area contributed by atoms with Crippen molar-refractivity contribution in [1.82, 2.24) is 4.90 Å². The van der Waals surface area contributed by atoms with Crippen molar-refractivity contribution in [1.29, 1.82) is 0 Å². The fourth-order valence-corrected chi connectivity index (χ4v) is 3.68. The number of rotatable bonds is 3. The first kappa shape index (κ1) is 17.5. The molecule has 1 N–H and O–H groups in total. The molecule has 2 heterocycles. The molecule has 0 aliphatic carbocycles. The number of amides is 2. The maximum atomic E-state index is 12.9. The lowest BCUT2D eigenvalue weighted by atomic mass is 10.0. The zero-order valence-corrected chi connectivity index (χ0v) is 15.4. The van der Waals surface area contributed by atoms with Gasteiger partial charge in [-0.1, -0.05) is 18.2 Å². The minimum absolute atomic E-state index is 0.0249. The van der Waals surface area contributed by atoms with Crippen LogP contribution in [0.4, 0.5) is 10.5 Å². The molecule has 6 nitrogen and oxygen atoms in total. The van der Waals surface area contributed by atoms with E-state index >= 15 is 0 Å². The summed E-state index contributed by atoms with van der Waals surface area (Å²) in [6, 6.07) is 13.3. The van der Waals surface area contributed by atoms with Crippen LogP contribution >= 0.6 is 0 Å². The normalized spacial score (nSPS) is 18.7. The number of para-hydroxylation sites is 2. The Morgan fingerprint density at radius 3 is 2.78 bits per heavy atom. The van der Waals surface area contributed by atoms with Gasteiger partial charge in [0, 0.05) is 13.0 Å². The van der Waals surface area contributed by atoms with Crippen molar-refractivity contribution in [3.8, 4) is 17.2 Å². The molecule has 1 fully saturated rings. The zero-order valence-electron chi connectivity index (χ0n) is 15.4. The van der Waals surface area contributed by atoms with Gasteiger partial charge in [0.2, 0.25) is 0 Å². The van der Waals surface area contributed by atoms with Crippen molar-refractivity contribution in [3.05, 3.63) is 48.0 Å². The predicted molar refractivity (Wildman–Crippen MR) is 103 cm³/mol. The highest BCUT2D eigenvalue weighted by Crippen LogP contribution is 2.38. The minimum atomic E-state index is -0.117. The van der Waals surface area contributed by atoms with Crippen LogP contribution in [0.15, 0.2) is 42.5 Å². The lowest BCUT2D eigenvalue weighted by Crippen LogP contribution is -2.34. The summed E-state index contributed by atoms with van der Waals surface area (Å²) in [4.78, 5) is 14.8. The van der Waals surface area contributed by atoms with Gasteiger partial charge in [0.15, 0.2) is 11.5 Å². The van der Waals surface area contributed by atoms with E-state index in [-0.39, 0.29) is 12.1 Å². The largest absolute Gasteiger partial charge is 0.495 e. The Morgan fingerprint density at radius 2 is 1.93 bits per heavy atom. The van der Waals surface area contributed by atoms with Crippen LogP contribution in [0.25, 0.3) is 0 Å². The minimum Gasteiger partial charge on any atom is -0.495 e. The van der Waals surface area contributed by atoms with Crippen molar-refractivity contribution in [2.24, 2.45) is 0 Å². The Hall–Kier alpha value is -2.89. The first-order valence-corrected chi connectivity index (χ1v) is 9.36. The van der Waals surface area contributed by atoms with Gasteiger partial charge >= 0.3 is 6.03 Å². The van der Waals surface area contributed by atoms with E-state index in [0.29, 0.717) is 24.7 Å². The summed E-state index contributed by atoms with van der Waals surface area (Å²) >= 11 is 0. The molecule has 4 rings (SSSR count). The summed E-state index contributed by atoms with van der Waals surface area (Å²) in [6.07, 6.45) is 2.78. The molecule has 2 aromatic rings. The first-order valence-electron chi connectivity index (χ1n) is 9.36. The lowest BCUT2D eigenvalue weighted by molar-refractivity contribution is 0.207. The third-order valence-electron chi connectivity index (χ3n) is 5.02. The van der Waals surface area contributed by atoms with E-state index in [9.17, 15) is 4.79 Å². The van der Waals surface area contributed by atoms with Crippen LogP contribution in [0.2, 0.25) is 0 Å². The highest BCUT2D eigenvalue weighted by molar-refractivity contribution is 5.91. The molecule has 1 atom stereocenters. The molecule has 2 aliphatic rings. The van der Waals surface area contributed by atoms with Gasteiger partial charge in [-0.05, 0) is 42.7 Å². The molecule has 142 valence electrons. The number of carbonyl (C=O) groups excluding carboxylic acids is 1. The van der Waals surface area contributed by atoms with Gasteiger partial charge in [0.05, 0.1) is 32.1 Å². The average Bonchev–Trinajstić information content (AvgIpc) is 3.07. The molecular weight excluding hydrogens is 344 g/mol. The van der Waals surface area contributed by atoms with Crippen molar-refractivity contribution in [2.45, 2.75) is 25.3 Å². The van der Waals surface area contributed by atoms with Crippen LogP contribution in [-0.2, 0) is 0 Å². The highest BCUT2D eigenvalue weighted by Gasteiger charge is 2.31. The molecule has 0 spiro atoms. The summed E-state index contributed by atoms with van der Waals surface area (Å²) in [5.74, 6) is 2.19. The number of hydrogen-bond donors (Lipinski definition) is 1. The molecule has 2 aliphatic heterocycles.